The number of carbonyl (C=O) groups excluding carboxylic acids is 3. The maximum Gasteiger partial charge on any atom is 0.285 e. The highest BCUT2D eigenvalue weighted by molar-refractivity contribution is 6.18. The van der Waals surface area contributed by atoms with E-state index in [0.717, 1.165) is 5.56 Å². The molecule has 1 N–H and O–H groups in total. The number of nitrogens with zero attached hydrogens (tertiary/aromatic N) is 1. The molecule has 3 rings (SSSR count). The van der Waals surface area contributed by atoms with Crippen molar-refractivity contribution in [1.82, 2.24) is 10.4 Å². The highest BCUT2D eigenvalue weighted by atomic mass is 35.5. The molecule has 0 fully saturated rings. The Morgan fingerprint density at radius 2 is 1.78 bits per heavy atom. The predicted molar refractivity (Wildman–Crippen MR) is 99.9 cm³/mol. The van der Waals surface area contributed by atoms with Gasteiger partial charge in [-0.3, -0.25) is 19.2 Å². The van der Waals surface area contributed by atoms with Gasteiger partial charge in [-0.05, 0) is 23.6 Å². The van der Waals surface area contributed by atoms with E-state index in [4.69, 9.17) is 16.4 Å². The van der Waals surface area contributed by atoms with E-state index in [1.807, 2.05) is 30.3 Å². The van der Waals surface area contributed by atoms with Crippen LogP contribution in [0.4, 0.5) is 0 Å². The summed E-state index contributed by atoms with van der Waals surface area (Å²) in [5, 5.41) is 3.39. The lowest BCUT2D eigenvalue weighted by atomic mass is 9.88. The Hall–Kier alpha value is -2.70. The van der Waals surface area contributed by atoms with E-state index < -0.39 is 23.6 Å². The first-order valence-electron chi connectivity index (χ1n) is 8.61. The van der Waals surface area contributed by atoms with Gasteiger partial charge < -0.3 is 5.32 Å². The van der Waals surface area contributed by atoms with Gasteiger partial charge in [0, 0.05) is 18.0 Å². The van der Waals surface area contributed by atoms with E-state index in [1.54, 1.807) is 24.3 Å². The van der Waals surface area contributed by atoms with Gasteiger partial charge in [0.15, 0.2) is 0 Å². The molecular formula is C20H19ClN2O4. The number of benzene rings is 2. The fraction of sp³-hybridized carbons (Fsp3) is 0.250. The molecule has 7 heteroatoms. The minimum atomic E-state index is -1.13. The standard InChI is InChI=1S/C20H19ClN2O4/c21-11-6-12-22-18(24)17-15-9-4-5-10-16(15)19(25)23(20(17)26)27-13-14-7-2-1-3-8-14/h1-5,7-10,17H,6,11-13H2,(H,22,24). The molecular weight excluding hydrogens is 368 g/mol. The maximum absolute atomic E-state index is 12.9. The van der Waals surface area contributed by atoms with Gasteiger partial charge in [-0.1, -0.05) is 48.5 Å². The van der Waals surface area contributed by atoms with Crippen LogP contribution in [0.15, 0.2) is 54.6 Å². The van der Waals surface area contributed by atoms with Gasteiger partial charge in [-0.25, -0.2) is 0 Å². The minimum absolute atomic E-state index is 0.0427. The smallest absolute Gasteiger partial charge is 0.285 e. The van der Waals surface area contributed by atoms with Gasteiger partial charge in [0.2, 0.25) is 5.91 Å². The number of rotatable bonds is 7. The van der Waals surface area contributed by atoms with Crippen LogP contribution >= 0.6 is 11.6 Å². The molecule has 6 nitrogen and oxygen atoms in total. The monoisotopic (exact) mass is 386 g/mol. The van der Waals surface area contributed by atoms with Crippen molar-refractivity contribution in [3.8, 4) is 0 Å². The van der Waals surface area contributed by atoms with Crippen LogP contribution in [-0.2, 0) is 21.0 Å². The van der Waals surface area contributed by atoms with Crippen LogP contribution in [0.2, 0.25) is 0 Å². The van der Waals surface area contributed by atoms with Gasteiger partial charge in [0.1, 0.15) is 12.5 Å². The lowest BCUT2D eigenvalue weighted by molar-refractivity contribution is -0.177. The van der Waals surface area contributed by atoms with E-state index in [1.165, 1.54) is 0 Å². The second kappa shape index (κ2) is 8.79. The summed E-state index contributed by atoms with van der Waals surface area (Å²) in [5.74, 6) is -2.47. The van der Waals surface area contributed by atoms with Crippen molar-refractivity contribution in [2.45, 2.75) is 18.9 Å². The molecule has 0 spiro atoms. The summed E-state index contributed by atoms with van der Waals surface area (Å²) < 4.78 is 0. The maximum atomic E-state index is 12.9. The van der Waals surface area contributed by atoms with Crippen LogP contribution < -0.4 is 5.32 Å². The van der Waals surface area contributed by atoms with E-state index >= 15 is 0 Å². The molecule has 3 amide bonds. The number of hydroxylamine groups is 2. The highest BCUT2D eigenvalue weighted by Gasteiger charge is 2.43. The fourth-order valence-corrected chi connectivity index (χ4v) is 3.01. The molecule has 140 valence electrons. The molecule has 0 radical (unpaired) electrons. The van der Waals surface area contributed by atoms with Gasteiger partial charge in [0.05, 0.1) is 0 Å². The number of imide groups is 1. The third-order valence-electron chi connectivity index (χ3n) is 4.21. The van der Waals surface area contributed by atoms with Crippen LogP contribution in [0.3, 0.4) is 0 Å². The number of alkyl halides is 1. The highest BCUT2D eigenvalue weighted by Crippen LogP contribution is 2.30. The van der Waals surface area contributed by atoms with Crippen molar-refractivity contribution in [2.75, 3.05) is 12.4 Å². The van der Waals surface area contributed by atoms with E-state index in [2.05, 4.69) is 5.32 Å². The summed E-state index contributed by atoms with van der Waals surface area (Å²) in [7, 11) is 0. The van der Waals surface area contributed by atoms with Gasteiger partial charge in [0.25, 0.3) is 11.8 Å². The van der Waals surface area contributed by atoms with Gasteiger partial charge >= 0.3 is 0 Å². The first kappa shape index (κ1) is 19.1. The van der Waals surface area contributed by atoms with Gasteiger partial charge in [-0.15, -0.1) is 16.7 Å². The Morgan fingerprint density at radius 1 is 1.07 bits per heavy atom. The molecule has 2 aromatic carbocycles. The molecule has 0 saturated heterocycles. The SMILES string of the molecule is O=C(NCCCCl)C1C(=O)N(OCc2ccccc2)C(=O)c2ccccc21. The third kappa shape index (κ3) is 4.18. The second-order valence-electron chi connectivity index (χ2n) is 6.05. The molecule has 1 unspecified atom stereocenters. The Kier molecular flexibility index (Phi) is 6.21. The lowest BCUT2D eigenvalue weighted by Gasteiger charge is -2.30. The van der Waals surface area contributed by atoms with Crippen LogP contribution in [0.25, 0.3) is 0 Å². The Bertz CT molecular complexity index is 841. The molecule has 0 bridgehead atoms. The summed E-state index contributed by atoms with van der Waals surface area (Å²) >= 11 is 5.63. The summed E-state index contributed by atoms with van der Waals surface area (Å²) in [6.45, 7) is 0.397. The second-order valence-corrected chi connectivity index (χ2v) is 6.43. The topological polar surface area (TPSA) is 75.7 Å². The Labute approximate surface area is 162 Å². The molecule has 1 atom stereocenters. The molecule has 0 aromatic heterocycles. The molecule has 0 aliphatic carbocycles. The number of amides is 3. The van der Waals surface area contributed by atoms with Crippen LogP contribution in [0.5, 0.6) is 0 Å². The zero-order valence-electron chi connectivity index (χ0n) is 14.6. The largest absolute Gasteiger partial charge is 0.355 e. The molecule has 2 aromatic rings. The van der Waals surface area contributed by atoms with Crippen molar-refractivity contribution in [3.63, 3.8) is 0 Å². The van der Waals surface area contributed by atoms with Crippen molar-refractivity contribution >= 4 is 29.3 Å². The fourth-order valence-electron chi connectivity index (χ4n) is 2.87. The number of hydrogen-bond donors (Lipinski definition) is 1. The molecule has 27 heavy (non-hydrogen) atoms. The molecule has 1 aliphatic rings. The number of hydrogen-bond acceptors (Lipinski definition) is 4. The Morgan fingerprint density at radius 3 is 2.52 bits per heavy atom. The van der Waals surface area contributed by atoms with E-state index in [-0.39, 0.29) is 12.2 Å². The summed E-state index contributed by atoms with van der Waals surface area (Å²) in [6, 6.07) is 15.8. The Balaban J connectivity index is 1.84. The average Bonchev–Trinajstić information content (AvgIpc) is 2.69. The molecule has 1 aliphatic heterocycles. The average molecular weight is 387 g/mol. The van der Waals surface area contributed by atoms with Crippen molar-refractivity contribution in [2.24, 2.45) is 0 Å². The van der Waals surface area contributed by atoms with E-state index in [0.29, 0.717) is 29.5 Å². The summed E-state index contributed by atoms with van der Waals surface area (Å²) in [5.41, 5.74) is 1.47. The third-order valence-corrected chi connectivity index (χ3v) is 4.48. The number of nitrogens with one attached hydrogen (secondary N) is 1. The van der Waals surface area contributed by atoms with Crippen LogP contribution in [0, 0.1) is 0 Å². The van der Waals surface area contributed by atoms with E-state index in [9.17, 15) is 14.4 Å². The zero-order valence-corrected chi connectivity index (χ0v) is 15.3. The number of halogens is 1. The summed E-state index contributed by atoms with van der Waals surface area (Å²) in [4.78, 5) is 43.7. The molecule has 0 saturated carbocycles. The van der Waals surface area contributed by atoms with Gasteiger partial charge in [-0.2, -0.15) is 0 Å². The van der Waals surface area contributed by atoms with Crippen LogP contribution in [-0.4, -0.2) is 35.2 Å². The minimum Gasteiger partial charge on any atom is -0.355 e. The quantitative estimate of drug-likeness (QED) is 0.343. The van der Waals surface area contributed by atoms with Crippen LogP contribution in [0.1, 0.15) is 33.8 Å². The van der Waals surface area contributed by atoms with Crippen molar-refractivity contribution < 1.29 is 19.2 Å². The number of carbonyl (C=O) groups is 3. The predicted octanol–water partition coefficient (Wildman–Crippen LogP) is 2.63. The lowest BCUT2D eigenvalue weighted by Crippen LogP contribution is -2.49. The first-order valence-corrected chi connectivity index (χ1v) is 9.14. The molecule has 1 heterocycles. The normalized spacial score (nSPS) is 16.2. The van der Waals surface area contributed by atoms with Crippen molar-refractivity contribution in [3.05, 3.63) is 71.3 Å². The number of fused-ring (bicyclic) bond motifs is 1. The summed E-state index contributed by atoms with van der Waals surface area (Å²) in [6.07, 6.45) is 0.586. The zero-order chi connectivity index (χ0) is 19.2. The van der Waals surface area contributed by atoms with Crippen molar-refractivity contribution in [1.29, 1.82) is 0 Å². The first-order chi connectivity index (χ1) is 13.1.